The third-order valence-corrected chi connectivity index (χ3v) is 4.20. The van der Waals surface area contributed by atoms with E-state index in [0.29, 0.717) is 10.9 Å². The molecule has 1 saturated heterocycles. The number of anilines is 1. The van der Waals surface area contributed by atoms with Gasteiger partial charge in [-0.1, -0.05) is 6.92 Å². The van der Waals surface area contributed by atoms with E-state index in [1.807, 2.05) is 23.9 Å². The maximum atomic E-state index is 9.03. The Morgan fingerprint density at radius 1 is 1.69 bits per heavy atom. The molecule has 4 heteroatoms. The van der Waals surface area contributed by atoms with E-state index < -0.39 is 0 Å². The summed E-state index contributed by atoms with van der Waals surface area (Å²) in [7, 11) is 0. The Balaban J connectivity index is 2.20. The van der Waals surface area contributed by atoms with Crippen molar-refractivity contribution in [3.63, 3.8) is 0 Å². The van der Waals surface area contributed by atoms with Crippen molar-refractivity contribution in [2.75, 3.05) is 23.7 Å². The van der Waals surface area contributed by atoms with Gasteiger partial charge in [0.25, 0.3) is 0 Å². The van der Waals surface area contributed by atoms with E-state index in [9.17, 15) is 0 Å². The van der Waals surface area contributed by atoms with Gasteiger partial charge in [0.15, 0.2) is 5.69 Å². The van der Waals surface area contributed by atoms with E-state index in [2.05, 4.69) is 22.9 Å². The molecule has 1 aliphatic heterocycles. The highest BCUT2D eigenvalue weighted by Crippen LogP contribution is 2.26. The molecule has 0 N–H and O–H groups in total. The van der Waals surface area contributed by atoms with Crippen LogP contribution in [-0.4, -0.2) is 29.1 Å². The van der Waals surface area contributed by atoms with Gasteiger partial charge in [0, 0.05) is 30.3 Å². The first-order chi connectivity index (χ1) is 7.85. The fourth-order valence-corrected chi connectivity index (χ4v) is 3.10. The molecule has 1 unspecified atom stereocenters. The lowest BCUT2D eigenvalue weighted by Crippen LogP contribution is -2.38. The van der Waals surface area contributed by atoms with Crippen LogP contribution in [0.4, 0.5) is 5.69 Å². The average Bonchev–Trinajstić information content (AvgIpc) is 2.38. The number of rotatable bonds is 2. The van der Waals surface area contributed by atoms with Gasteiger partial charge in [0.05, 0.1) is 5.69 Å². The zero-order valence-corrected chi connectivity index (χ0v) is 10.2. The first-order valence-electron chi connectivity index (χ1n) is 5.56. The Hall–Kier alpha value is -1.21. The average molecular weight is 233 g/mol. The zero-order chi connectivity index (χ0) is 11.4. The minimum absolute atomic E-state index is 0.546. The minimum atomic E-state index is 0.546. The molecule has 1 atom stereocenters. The number of thioether (sulfide) groups is 1. The van der Waals surface area contributed by atoms with E-state index in [4.69, 9.17) is 5.26 Å². The van der Waals surface area contributed by atoms with Crippen molar-refractivity contribution in [2.24, 2.45) is 0 Å². The van der Waals surface area contributed by atoms with Gasteiger partial charge in [-0.3, -0.25) is 0 Å². The maximum absolute atomic E-state index is 9.03. The molecule has 0 aromatic carbocycles. The molecule has 0 bridgehead atoms. The molecule has 1 aliphatic rings. The van der Waals surface area contributed by atoms with Crippen LogP contribution in [0.25, 0.3) is 0 Å². The SMILES string of the molecule is CCC1CN(c2cccnc2C#N)CCS1. The monoisotopic (exact) mass is 233 g/mol. The summed E-state index contributed by atoms with van der Waals surface area (Å²) in [4.78, 5) is 6.40. The molecule has 3 nitrogen and oxygen atoms in total. The van der Waals surface area contributed by atoms with Gasteiger partial charge in [-0.25, -0.2) is 4.98 Å². The molecule has 0 radical (unpaired) electrons. The zero-order valence-electron chi connectivity index (χ0n) is 9.39. The van der Waals surface area contributed by atoms with Crippen molar-refractivity contribution in [1.82, 2.24) is 4.98 Å². The van der Waals surface area contributed by atoms with Gasteiger partial charge in [-0.15, -0.1) is 0 Å². The summed E-state index contributed by atoms with van der Waals surface area (Å²) in [5.41, 5.74) is 1.54. The van der Waals surface area contributed by atoms with Crippen LogP contribution in [0.2, 0.25) is 0 Å². The number of hydrogen-bond acceptors (Lipinski definition) is 4. The van der Waals surface area contributed by atoms with Gasteiger partial charge in [0.2, 0.25) is 0 Å². The summed E-state index contributed by atoms with van der Waals surface area (Å²) in [6.07, 6.45) is 2.86. The third kappa shape index (κ3) is 2.30. The van der Waals surface area contributed by atoms with Crippen LogP contribution in [0, 0.1) is 11.3 Å². The molecule has 16 heavy (non-hydrogen) atoms. The van der Waals surface area contributed by atoms with Crippen molar-refractivity contribution in [2.45, 2.75) is 18.6 Å². The predicted octanol–water partition coefficient (Wildman–Crippen LogP) is 2.29. The highest BCUT2D eigenvalue weighted by Gasteiger charge is 2.21. The van der Waals surface area contributed by atoms with Crippen molar-refractivity contribution >= 4 is 17.4 Å². The maximum Gasteiger partial charge on any atom is 0.163 e. The Morgan fingerprint density at radius 3 is 3.31 bits per heavy atom. The largest absolute Gasteiger partial charge is 0.367 e. The van der Waals surface area contributed by atoms with Crippen LogP contribution < -0.4 is 4.90 Å². The molecular formula is C12H15N3S. The molecule has 0 amide bonds. The van der Waals surface area contributed by atoms with Crippen LogP contribution in [0.15, 0.2) is 18.3 Å². The molecule has 2 rings (SSSR count). The third-order valence-electron chi connectivity index (χ3n) is 2.83. The number of pyridine rings is 1. The second-order valence-corrected chi connectivity index (χ2v) is 5.24. The first-order valence-corrected chi connectivity index (χ1v) is 6.61. The lowest BCUT2D eigenvalue weighted by Gasteiger charge is -2.33. The highest BCUT2D eigenvalue weighted by molar-refractivity contribution is 8.00. The van der Waals surface area contributed by atoms with Crippen molar-refractivity contribution < 1.29 is 0 Å². The molecule has 84 valence electrons. The summed E-state index contributed by atoms with van der Waals surface area (Å²) in [5.74, 6) is 1.14. The molecule has 1 aromatic heterocycles. The van der Waals surface area contributed by atoms with Crippen molar-refractivity contribution in [1.29, 1.82) is 5.26 Å². The van der Waals surface area contributed by atoms with Crippen LogP contribution in [0.5, 0.6) is 0 Å². The second kappa shape index (κ2) is 5.22. The van der Waals surface area contributed by atoms with Gasteiger partial charge < -0.3 is 4.90 Å². The molecule has 1 aromatic rings. The fraction of sp³-hybridized carbons (Fsp3) is 0.500. The molecule has 0 aliphatic carbocycles. The number of nitriles is 1. The Morgan fingerprint density at radius 2 is 2.56 bits per heavy atom. The summed E-state index contributed by atoms with van der Waals surface area (Å²) >= 11 is 2.03. The van der Waals surface area contributed by atoms with Crippen LogP contribution >= 0.6 is 11.8 Å². The lowest BCUT2D eigenvalue weighted by molar-refractivity contribution is 0.726. The van der Waals surface area contributed by atoms with E-state index in [1.54, 1.807) is 6.20 Å². The minimum Gasteiger partial charge on any atom is -0.367 e. The molecule has 0 saturated carbocycles. The van der Waals surface area contributed by atoms with E-state index >= 15 is 0 Å². The highest BCUT2D eigenvalue weighted by atomic mass is 32.2. The fourth-order valence-electron chi connectivity index (χ4n) is 1.92. The Labute approximate surface area is 100 Å². The second-order valence-electron chi connectivity index (χ2n) is 3.83. The Kier molecular flexibility index (Phi) is 3.68. The molecule has 2 heterocycles. The quantitative estimate of drug-likeness (QED) is 0.785. The lowest BCUT2D eigenvalue weighted by atomic mass is 10.2. The summed E-state index contributed by atoms with van der Waals surface area (Å²) < 4.78 is 0. The summed E-state index contributed by atoms with van der Waals surface area (Å²) in [5, 5.41) is 9.71. The van der Waals surface area contributed by atoms with Gasteiger partial charge in [-0.2, -0.15) is 17.0 Å². The smallest absolute Gasteiger partial charge is 0.163 e. The van der Waals surface area contributed by atoms with E-state index in [0.717, 1.165) is 24.5 Å². The summed E-state index contributed by atoms with van der Waals surface area (Å²) in [6, 6.07) is 6.06. The Bertz CT molecular complexity index is 399. The first kappa shape index (κ1) is 11.3. The van der Waals surface area contributed by atoms with Gasteiger partial charge in [-0.05, 0) is 18.6 Å². The molecule has 1 fully saturated rings. The predicted molar refractivity (Wildman–Crippen MR) is 67.7 cm³/mol. The van der Waals surface area contributed by atoms with Crippen molar-refractivity contribution in [3.8, 4) is 6.07 Å². The standard InChI is InChI=1S/C12H15N3S/c1-2-10-9-15(6-7-16-10)12-4-3-5-14-11(12)8-13/h3-5,10H,2,6-7,9H2,1H3. The topological polar surface area (TPSA) is 39.9 Å². The number of hydrogen-bond donors (Lipinski definition) is 0. The van der Waals surface area contributed by atoms with Gasteiger partial charge >= 0.3 is 0 Å². The summed E-state index contributed by atoms with van der Waals surface area (Å²) in [6.45, 7) is 4.26. The molecule has 0 spiro atoms. The van der Waals surface area contributed by atoms with Crippen molar-refractivity contribution in [3.05, 3.63) is 24.0 Å². The number of nitrogens with zero attached hydrogens (tertiary/aromatic N) is 3. The van der Waals surface area contributed by atoms with E-state index in [1.165, 1.54) is 6.42 Å². The van der Waals surface area contributed by atoms with Crippen LogP contribution in [0.1, 0.15) is 19.0 Å². The number of aromatic nitrogens is 1. The van der Waals surface area contributed by atoms with Crippen LogP contribution in [0.3, 0.4) is 0 Å². The van der Waals surface area contributed by atoms with Gasteiger partial charge in [0.1, 0.15) is 6.07 Å². The van der Waals surface area contributed by atoms with Crippen LogP contribution in [-0.2, 0) is 0 Å². The normalized spacial score (nSPS) is 20.5. The molecular weight excluding hydrogens is 218 g/mol. The van der Waals surface area contributed by atoms with E-state index in [-0.39, 0.29) is 0 Å².